The van der Waals surface area contributed by atoms with Gasteiger partial charge in [0.25, 0.3) is 8.32 Å². The number of rotatable bonds is 5. The zero-order valence-electron chi connectivity index (χ0n) is 16.2. The molecule has 2 aromatic carbocycles. The van der Waals surface area contributed by atoms with Crippen LogP contribution in [0.4, 0.5) is 0 Å². The van der Waals surface area contributed by atoms with Crippen molar-refractivity contribution >= 4 is 18.7 Å². The van der Waals surface area contributed by atoms with E-state index in [1.807, 2.05) is 6.07 Å². The molecular formula is C23H26NO2Si. The minimum atomic E-state index is -2.45. The van der Waals surface area contributed by atoms with Crippen LogP contribution in [0.25, 0.3) is 0 Å². The van der Waals surface area contributed by atoms with Crippen LogP contribution in [0.3, 0.4) is 0 Å². The summed E-state index contributed by atoms with van der Waals surface area (Å²) < 4.78 is 12.4. The van der Waals surface area contributed by atoms with Gasteiger partial charge in [-0.2, -0.15) is 0 Å². The minimum absolute atomic E-state index is 0.0147. The van der Waals surface area contributed by atoms with Crippen LogP contribution in [0.2, 0.25) is 5.04 Å². The normalized spacial score (nSPS) is 20.3. The molecule has 1 aliphatic rings. The summed E-state index contributed by atoms with van der Waals surface area (Å²) in [7, 11) is -2.45. The zero-order chi connectivity index (χ0) is 18.9. The van der Waals surface area contributed by atoms with Crippen LogP contribution >= 0.6 is 0 Å². The lowest BCUT2D eigenvalue weighted by atomic mass is 9.81. The summed E-state index contributed by atoms with van der Waals surface area (Å²) in [6, 6.07) is 23.5. The molecule has 0 saturated heterocycles. The van der Waals surface area contributed by atoms with Gasteiger partial charge in [0.2, 0.25) is 0 Å². The lowest BCUT2D eigenvalue weighted by molar-refractivity contribution is 0.0776. The van der Waals surface area contributed by atoms with Crippen molar-refractivity contribution in [3.8, 4) is 0 Å². The maximum atomic E-state index is 7.11. The van der Waals surface area contributed by atoms with E-state index in [0.29, 0.717) is 5.92 Å². The molecule has 4 rings (SSSR count). The molecule has 0 unspecified atom stereocenters. The van der Waals surface area contributed by atoms with Crippen LogP contribution in [0.5, 0.6) is 0 Å². The standard InChI is InChI=1S/C23H26NO2Si/c1-23(2,3)27(20-10-6-4-7-11-20,21-12-8-5-9-13-21)26-19-16-18(17-19)22-14-15-24-25-22/h4-14,18-19H,16-17H2,1-3H3. The van der Waals surface area contributed by atoms with Gasteiger partial charge in [-0.3, -0.25) is 0 Å². The van der Waals surface area contributed by atoms with E-state index in [2.05, 4.69) is 92.8 Å². The topological polar surface area (TPSA) is 35.3 Å². The molecule has 1 aliphatic carbocycles. The maximum absolute atomic E-state index is 7.11. The highest BCUT2D eigenvalue weighted by atomic mass is 28.4. The molecule has 3 aromatic rings. The number of aromatic nitrogens is 1. The maximum Gasteiger partial charge on any atom is 0.261 e. The summed E-state index contributed by atoms with van der Waals surface area (Å²) >= 11 is 0. The fraction of sp³-hybridized carbons (Fsp3) is 0.348. The van der Waals surface area contributed by atoms with Crippen LogP contribution in [-0.2, 0) is 4.43 Å². The van der Waals surface area contributed by atoms with Gasteiger partial charge in [-0.05, 0) is 28.3 Å². The van der Waals surface area contributed by atoms with Gasteiger partial charge in [-0.1, -0.05) is 86.6 Å². The Kier molecular flexibility index (Phi) is 4.78. The van der Waals surface area contributed by atoms with Crippen molar-refractivity contribution in [1.29, 1.82) is 0 Å². The molecule has 0 atom stereocenters. The van der Waals surface area contributed by atoms with Gasteiger partial charge in [0, 0.05) is 18.1 Å². The Balaban J connectivity index is 1.70. The van der Waals surface area contributed by atoms with Crippen molar-refractivity contribution in [2.75, 3.05) is 0 Å². The molecule has 1 saturated carbocycles. The summed E-state index contributed by atoms with van der Waals surface area (Å²) in [4.78, 5) is 0. The quantitative estimate of drug-likeness (QED) is 0.623. The van der Waals surface area contributed by atoms with Crippen molar-refractivity contribution in [3.05, 3.63) is 78.7 Å². The first-order chi connectivity index (χ1) is 13.0. The first-order valence-corrected chi connectivity index (χ1v) is 11.5. The summed E-state index contributed by atoms with van der Waals surface area (Å²) in [6.45, 7) is 6.96. The molecule has 0 aliphatic heterocycles. The minimum Gasteiger partial charge on any atom is -0.404 e. The summed E-state index contributed by atoms with van der Waals surface area (Å²) in [6.07, 6.45) is 4.97. The largest absolute Gasteiger partial charge is 0.404 e. The number of benzene rings is 2. The van der Waals surface area contributed by atoms with Crippen molar-refractivity contribution in [2.24, 2.45) is 0 Å². The molecular weight excluding hydrogens is 350 g/mol. The Labute approximate surface area is 162 Å². The van der Waals surface area contributed by atoms with Crippen molar-refractivity contribution in [1.82, 2.24) is 5.16 Å². The number of hydrogen-bond acceptors (Lipinski definition) is 3. The molecule has 139 valence electrons. The van der Waals surface area contributed by atoms with E-state index >= 15 is 0 Å². The third-order valence-corrected chi connectivity index (χ3v) is 10.8. The van der Waals surface area contributed by atoms with E-state index in [1.165, 1.54) is 10.4 Å². The van der Waals surface area contributed by atoms with E-state index in [1.54, 1.807) is 0 Å². The summed E-state index contributed by atoms with van der Waals surface area (Å²) in [5.74, 6) is 1.32. The highest BCUT2D eigenvalue weighted by molar-refractivity contribution is 6.99. The van der Waals surface area contributed by atoms with Crippen LogP contribution in [0.15, 0.2) is 71.3 Å². The third kappa shape index (κ3) is 3.28. The summed E-state index contributed by atoms with van der Waals surface area (Å²) in [5.41, 5.74) is 0. The summed E-state index contributed by atoms with van der Waals surface area (Å²) in [5, 5.41) is 6.41. The Morgan fingerprint density at radius 2 is 1.52 bits per heavy atom. The van der Waals surface area contributed by atoms with Crippen molar-refractivity contribution < 1.29 is 8.95 Å². The van der Waals surface area contributed by atoms with Crippen LogP contribution < -0.4 is 10.4 Å². The molecule has 0 amide bonds. The average Bonchev–Trinajstić information content (AvgIpc) is 3.15. The van der Waals surface area contributed by atoms with Gasteiger partial charge in [-0.25, -0.2) is 0 Å². The fourth-order valence-electron chi connectivity index (χ4n) is 4.22. The Bertz CT molecular complexity index is 811. The number of hydrogen-bond donors (Lipinski definition) is 0. The molecule has 1 aromatic heterocycles. The monoisotopic (exact) mass is 376 g/mol. The van der Waals surface area contributed by atoms with E-state index in [0.717, 1.165) is 18.6 Å². The lowest BCUT2D eigenvalue weighted by Gasteiger charge is -2.48. The second kappa shape index (κ2) is 7.10. The van der Waals surface area contributed by atoms with Crippen LogP contribution in [-0.4, -0.2) is 19.6 Å². The molecule has 0 bridgehead atoms. The fourth-order valence-corrected chi connectivity index (χ4v) is 8.93. The van der Waals surface area contributed by atoms with Gasteiger partial charge in [0.05, 0.1) is 0 Å². The second-order valence-electron chi connectivity index (χ2n) is 8.43. The third-order valence-electron chi connectivity index (χ3n) is 5.67. The Hall–Kier alpha value is -2.17. The first kappa shape index (κ1) is 18.2. The molecule has 0 N–H and O–H groups in total. The highest BCUT2D eigenvalue weighted by Crippen LogP contribution is 2.44. The number of nitrogens with zero attached hydrogens (tertiary/aromatic N) is 1. The molecule has 1 fully saturated rings. The molecule has 3 nitrogen and oxygen atoms in total. The van der Waals surface area contributed by atoms with Gasteiger partial charge in [-0.15, -0.1) is 0 Å². The smallest absolute Gasteiger partial charge is 0.261 e. The van der Waals surface area contributed by atoms with E-state index < -0.39 is 8.32 Å². The SMILES string of the molecule is CC(C)(C)[Si](OC1CC(c2c[c]no2)C1)(c1ccccc1)c1ccccc1. The Morgan fingerprint density at radius 1 is 0.963 bits per heavy atom. The predicted molar refractivity (Wildman–Crippen MR) is 110 cm³/mol. The first-order valence-electron chi connectivity index (χ1n) is 9.62. The van der Waals surface area contributed by atoms with Gasteiger partial charge >= 0.3 is 0 Å². The van der Waals surface area contributed by atoms with Gasteiger partial charge in [0.1, 0.15) is 12.0 Å². The van der Waals surface area contributed by atoms with Crippen molar-refractivity contribution in [3.63, 3.8) is 0 Å². The Morgan fingerprint density at radius 3 is 1.96 bits per heavy atom. The average molecular weight is 377 g/mol. The predicted octanol–water partition coefficient (Wildman–Crippen LogP) is 4.30. The molecule has 0 spiro atoms. The van der Waals surface area contributed by atoms with Crippen LogP contribution in [0.1, 0.15) is 45.3 Å². The van der Waals surface area contributed by atoms with E-state index in [4.69, 9.17) is 8.95 Å². The van der Waals surface area contributed by atoms with E-state index in [-0.39, 0.29) is 11.1 Å². The van der Waals surface area contributed by atoms with E-state index in [9.17, 15) is 0 Å². The zero-order valence-corrected chi connectivity index (χ0v) is 17.2. The van der Waals surface area contributed by atoms with Gasteiger partial charge < -0.3 is 8.95 Å². The molecule has 4 heteroatoms. The van der Waals surface area contributed by atoms with Crippen LogP contribution in [0, 0.1) is 6.20 Å². The molecule has 1 heterocycles. The van der Waals surface area contributed by atoms with Crippen molar-refractivity contribution in [2.45, 2.75) is 50.7 Å². The molecule has 27 heavy (non-hydrogen) atoms. The lowest BCUT2D eigenvalue weighted by Crippen LogP contribution is -2.68. The highest BCUT2D eigenvalue weighted by Gasteiger charge is 2.53. The molecule has 1 radical (unpaired) electrons. The second-order valence-corrected chi connectivity index (χ2v) is 12.7. The van der Waals surface area contributed by atoms with Gasteiger partial charge in [0.15, 0.2) is 0 Å².